The van der Waals surface area contributed by atoms with Crippen LogP contribution in [0.2, 0.25) is 5.28 Å². The summed E-state index contributed by atoms with van der Waals surface area (Å²) < 4.78 is 13.8. The smallest absolute Gasteiger partial charge is 0.222 e. The lowest BCUT2D eigenvalue weighted by Gasteiger charge is -2.18. The Morgan fingerprint density at radius 2 is 1.83 bits per heavy atom. The van der Waals surface area contributed by atoms with E-state index in [1.165, 1.54) is 18.5 Å². The molecule has 0 radical (unpaired) electrons. The molecule has 1 N–H and O–H groups in total. The monoisotopic (exact) mass is 266 g/mol. The highest BCUT2D eigenvalue weighted by Crippen LogP contribution is 2.28. The number of hydrogen-bond donors (Lipinski definition) is 1. The van der Waals surface area contributed by atoms with Crippen LogP contribution < -0.4 is 0 Å². The van der Waals surface area contributed by atoms with E-state index in [2.05, 4.69) is 9.97 Å². The molecule has 1 aromatic carbocycles. The second kappa shape index (κ2) is 4.63. The molecule has 0 aliphatic rings. The average Bonchev–Trinajstić information content (AvgIpc) is 2.29. The third kappa shape index (κ3) is 2.66. The van der Waals surface area contributed by atoms with Gasteiger partial charge >= 0.3 is 0 Å². The molecule has 1 aromatic heterocycles. The fraction of sp³-hybridized carbons (Fsp3) is 0.231. The fourth-order valence-electron chi connectivity index (χ4n) is 1.58. The van der Waals surface area contributed by atoms with E-state index in [1.54, 1.807) is 26.0 Å². The molecule has 0 saturated heterocycles. The molecule has 0 aliphatic heterocycles. The molecule has 3 nitrogen and oxygen atoms in total. The van der Waals surface area contributed by atoms with Crippen LogP contribution >= 0.6 is 11.6 Å². The first-order chi connectivity index (χ1) is 8.38. The second-order valence-corrected chi connectivity index (χ2v) is 4.83. The van der Waals surface area contributed by atoms with E-state index in [0.29, 0.717) is 16.7 Å². The molecule has 0 unspecified atom stereocenters. The molecule has 2 aromatic rings. The first kappa shape index (κ1) is 12.9. The minimum Gasteiger partial charge on any atom is -0.386 e. The summed E-state index contributed by atoms with van der Waals surface area (Å²) in [6, 6.07) is 4.45. The molecule has 18 heavy (non-hydrogen) atoms. The lowest BCUT2D eigenvalue weighted by Crippen LogP contribution is -2.15. The normalized spacial score (nSPS) is 11.6. The summed E-state index contributed by atoms with van der Waals surface area (Å²) in [5.41, 5.74) is 0.443. The van der Waals surface area contributed by atoms with Crippen LogP contribution in [0.15, 0.2) is 30.6 Å². The minimum absolute atomic E-state index is 0.109. The Hall–Kier alpha value is -1.52. The minimum atomic E-state index is -1.03. The highest BCUT2D eigenvalue weighted by atomic mass is 35.5. The van der Waals surface area contributed by atoms with Crippen LogP contribution in [-0.4, -0.2) is 15.1 Å². The van der Waals surface area contributed by atoms with Gasteiger partial charge in [0.2, 0.25) is 5.28 Å². The van der Waals surface area contributed by atoms with Crippen molar-refractivity contribution in [3.05, 3.63) is 47.3 Å². The molecular weight excluding hydrogens is 255 g/mol. The van der Waals surface area contributed by atoms with Gasteiger partial charge in [-0.05, 0) is 43.1 Å². The van der Waals surface area contributed by atoms with Gasteiger partial charge in [0.15, 0.2) is 0 Å². The Labute approximate surface area is 109 Å². The summed E-state index contributed by atoms with van der Waals surface area (Å²) in [5, 5.41) is 10.0. The standard InChI is InChI=1S/C13H12ClFN2O/c1-13(2,18)9-3-4-11(15)10(5-9)8-6-16-12(14)17-7-8/h3-7,18H,1-2H3. The Bertz CT molecular complexity index is 564. The number of halogens is 2. The van der Waals surface area contributed by atoms with E-state index >= 15 is 0 Å². The third-order valence-electron chi connectivity index (χ3n) is 2.60. The van der Waals surface area contributed by atoms with Gasteiger partial charge in [-0.1, -0.05) is 6.07 Å². The van der Waals surface area contributed by atoms with E-state index in [1.807, 2.05) is 0 Å². The molecule has 0 saturated carbocycles. The van der Waals surface area contributed by atoms with Crippen LogP contribution in [0.1, 0.15) is 19.4 Å². The summed E-state index contributed by atoms with van der Waals surface area (Å²) in [6.07, 6.45) is 2.89. The van der Waals surface area contributed by atoms with Gasteiger partial charge in [-0.3, -0.25) is 0 Å². The van der Waals surface area contributed by atoms with Gasteiger partial charge in [-0.2, -0.15) is 0 Å². The summed E-state index contributed by atoms with van der Waals surface area (Å²) >= 11 is 5.59. The maximum absolute atomic E-state index is 13.8. The number of aliphatic hydroxyl groups is 1. The van der Waals surface area contributed by atoms with Gasteiger partial charge in [0, 0.05) is 23.5 Å². The predicted octanol–water partition coefficient (Wildman–Crippen LogP) is 3.16. The van der Waals surface area contributed by atoms with Crippen LogP contribution in [0.5, 0.6) is 0 Å². The quantitative estimate of drug-likeness (QED) is 0.850. The van der Waals surface area contributed by atoms with Crippen molar-refractivity contribution >= 4 is 11.6 Å². The van der Waals surface area contributed by atoms with Crippen molar-refractivity contribution < 1.29 is 9.50 Å². The van der Waals surface area contributed by atoms with Crippen molar-refractivity contribution in [1.29, 1.82) is 0 Å². The Kier molecular flexibility index (Phi) is 3.32. The van der Waals surface area contributed by atoms with Gasteiger partial charge in [-0.15, -0.1) is 0 Å². The highest BCUT2D eigenvalue weighted by Gasteiger charge is 2.18. The Morgan fingerprint density at radius 1 is 1.22 bits per heavy atom. The molecule has 0 amide bonds. The van der Waals surface area contributed by atoms with E-state index in [9.17, 15) is 9.50 Å². The number of rotatable bonds is 2. The van der Waals surface area contributed by atoms with E-state index in [0.717, 1.165) is 0 Å². The van der Waals surface area contributed by atoms with Crippen LogP contribution in [0.3, 0.4) is 0 Å². The molecule has 0 fully saturated rings. The van der Waals surface area contributed by atoms with Crippen LogP contribution in [0, 0.1) is 5.82 Å². The molecular formula is C13H12ClFN2O. The van der Waals surface area contributed by atoms with Crippen molar-refractivity contribution in [2.24, 2.45) is 0 Å². The first-order valence-corrected chi connectivity index (χ1v) is 5.76. The average molecular weight is 267 g/mol. The molecule has 2 rings (SSSR count). The number of aromatic nitrogens is 2. The van der Waals surface area contributed by atoms with Gasteiger partial charge < -0.3 is 5.11 Å². The van der Waals surface area contributed by atoms with Crippen molar-refractivity contribution in [3.8, 4) is 11.1 Å². The number of nitrogens with zero attached hydrogens (tertiary/aromatic N) is 2. The highest BCUT2D eigenvalue weighted by molar-refractivity contribution is 6.28. The molecule has 94 valence electrons. The first-order valence-electron chi connectivity index (χ1n) is 5.38. The topological polar surface area (TPSA) is 46.0 Å². The summed E-state index contributed by atoms with van der Waals surface area (Å²) in [6.45, 7) is 3.28. The van der Waals surface area contributed by atoms with Gasteiger partial charge in [0.05, 0.1) is 5.60 Å². The largest absolute Gasteiger partial charge is 0.386 e. The molecule has 0 atom stereocenters. The van der Waals surface area contributed by atoms with Crippen molar-refractivity contribution in [1.82, 2.24) is 9.97 Å². The molecule has 0 spiro atoms. The van der Waals surface area contributed by atoms with Crippen molar-refractivity contribution in [2.75, 3.05) is 0 Å². The zero-order chi connectivity index (χ0) is 13.3. The maximum atomic E-state index is 13.8. The zero-order valence-corrected chi connectivity index (χ0v) is 10.7. The molecule has 5 heteroatoms. The molecule has 0 bridgehead atoms. The second-order valence-electron chi connectivity index (χ2n) is 4.49. The lowest BCUT2D eigenvalue weighted by atomic mass is 9.95. The van der Waals surface area contributed by atoms with Gasteiger partial charge in [-0.25, -0.2) is 14.4 Å². The zero-order valence-electron chi connectivity index (χ0n) is 9.98. The van der Waals surface area contributed by atoms with Crippen molar-refractivity contribution in [2.45, 2.75) is 19.4 Å². The predicted molar refractivity (Wildman–Crippen MR) is 67.7 cm³/mol. The van der Waals surface area contributed by atoms with Gasteiger partial charge in [0.1, 0.15) is 5.82 Å². The molecule has 0 aliphatic carbocycles. The number of hydrogen-bond acceptors (Lipinski definition) is 3. The molecule has 1 heterocycles. The van der Waals surface area contributed by atoms with E-state index in [4.69, 9.17) is 11.6 Å². The van der Waals surface area contributed by atoms with Crippen molar-refractivity contribution in [3.63, 3.8) is 0 Å². The van der Waals surface area contributed by atoms with Gasteiger partial charge in [0.25, 0.3) is 0 Å². The van der Waals surface area contributed by atoms with Crippen LogP contribution in [0.25, 0.3) is 11.1 Å². The summed E-state index contributed by atoms with van der Waals surface area (Å²) in [5.74, 6) is -0.395. The fourth-order valence-corrected chi connectivity index (χ4v) is 1.68. The summed E-state index contributed by atoms with van der Waals surface area (Å²) in [4.78, 5) is 7.63. The third-order valence-corrected chi connectivity index (χ3v) is 2.80. The van der Waals surface area contributed by atoms with Crippen LogP contribution in [0.4, 0.5) is 4.39 Å². The van der Waals surface area contributed by atoms with Crippen LogP contribution in [-0.2, 0) is 5.60 Å². The van der Waals surface area contributed by atoms with E-state index in [-0.39, 0.29) is 5.28 Å². The van der Waals surface area contributed by atoms with E-state index < -0.39 is 11.4 Å². The summed E-state index contributed by atoms with van der Waals surface area (Å²) in [7, 11) is 0. The lowest BCUT2D eigenvalue weighted by molar-refractivity contribution is 0.0786. The Balaban J connectivity index is 2.53. The maximum Gasteiger partial charge on any atom is 0.222 e. The number of benzene rings is 1. The Morgan fingerprint density at radius 3 is 2.39 bits per heavy atom. The SMILES string of the molecule is CC(C)(O)c1ccc(F)c(-c2cnc(Cl)nc2)c1.